The van der Waals surface area contributed by atoms with Gasteiger partial charge in [0.25, 0.3) is 0 Å². The van der Waals surface area contributed by atoms with E-state index in [1.807, 2.05) is 6.26 Å². The number of furan rings is 1. The van der Waals surface area contributed by atoms with E-state index in [-0.39, 0.29) is 5.54 Å². The van der Waals surface area contributed by atoms with Gasteiger partial charge in [0.15, 0.2) is 0 Å². The Morgan fingerprint density at radius 1 is 1.20 bits per heavy atom. The summed E-state index contributed by atoms with van der Waals surface area (Å²) in [5.74, 6) is 1.08. The number of hydrogen-bond acceptors (Lipinski definition) is 4. The second-order valence-electron chi connectivity index (χ2n) is 6.96. The van der Waals surface area contributed by atoms with Crippen molar-refractivity contribution >= 4 is 0 Å². The average molecular weight is 279 g/mol. The van der Waals surface area contributed by atoms with Crippen LogP contribution in [0.15, 0.2) is 16.7 Å². The number of nitrogens with zero attached hydrogens (tertiary/aromatic N) is 2. The van der Waals surface area contributed by atoms with E-state index in [0.717, 1.165) is 31.9 Å². The summed E-state index contributed by atoms with van der Waals surface area (Å²) in [5, 5.41) is 3.49. The maximum atomic E-state index is 5.70. The molecular weight excluding hydrogens is 250 g/mol. The molecule has 1 aromatic heterocycles. The molecule has 114 valence electrons. The van der Waals surface area contributed by atoms with E-state index in [1.165, 1.54) is 25.1 Å². The van der Waals surface area contributed by atoms with Crippen LogP contribution < -0.4 is 5.32 Å². The van der Waals surface area contributed by atoms with Crippen molar-refractivity contribution in [1.29, 1.82) is 0 Å². The SMILES string of the molecule is CN1CCCN(Cc2cc(CNC(C)(C)C)co2)CC1. The Kier molecular flexibility index (Phi) is 5.24. The third kappa shape index (κ3) is 5.27. The Balaban J connectivity index is 1.83. The van der Waals surface area contributed by atoms with Crippen molar-refractivity contribution in [1.82, 2.24) is 15.1 Å². The van der Waals surface area contributed by atoms with E-state index < -0.39 is 0 Å². The fourth-order valence-electron chi connectivity index (χ4n) is 2.45. The van der Waals surface area contributed by atoms with Gasteiger partial charge in [0.2, 0.25) is 0 Å². The highest BCUT2D eigenvalue weighted by Crippen LogP contribution is 2.13. The highest BCUT2D eigenvalue weighted by atomic mass is 16.3. The fourth-order valence-corrected chi connectivity index (χ4v) is 2.45. The van der Waals surface area contributed by atoms with Crippen LogP contribution in [0.25, 0.3) is 0 Å². The first-order valence-electron chi connectivity index (χ1n) is 7.64. The van der Waals surface area contributed by atoms with Crippen LogP contribution >= 0.6 is 0 Å². The highest BCUT2D eigenvalue weighted by Gasteiger charge is 2.14. The molecule has 0 aliphatic carbocycles. The van der Waals surface area contributed by atoms with Crippen LogP contribution in [0.5, 0.6) is 0 Å². The Hall–Kier alpha value is -0.840. The topological polar surface area (TPSA) is 31.6 Å². The standard InChI is InChI=1S/C16H29N3O/c1-16(2,3)17-11-14-10-15(20-13-14)12-19-7-5-6-18(4)8-9-19/h10,13,17H,5-9,11-12H2,1-4H3. The van der Waals surface area contributed by atoms with Crippen molar-refractivity contribution in [2.75, 3.05) is 33.2 Å². The third-order valence-electron chi connectivity index (χ3n) is 3.72. The van der Waals surface area contributed by atoms with Crippen LogP contribution in [0.1, 0.15) is 38.5 Å². The molecule has 0 bridgehead atoms. The lowest BCUT2D eigenvalue weighted by Crippen LogP contribution is -2.34. The van der Waals surface area contributed by atoms with Crippen molar-refractivity contribution < 1.29 is 4.42 Å². The third-order valence-corrected chi connectivity index (χ3v) is 3.72. The summed E-state index contributed by atoms with van der Waals surface area (Å²) < 4.78 is 5.70. The first-order chi connectivity index (χ1) is 9.42. The Morgan fingerprint density at radius 3 is 2.75 bits per heavy atom. The van der Waals surface area contributed by atoms with Gasteiger partial charge in [-0.05, 0) is 53.4 Å². The largest absolute Gasteiger partial charge is 0.468 e. The molecule has 0 radical (unpaired) electrons. The molecule has 0 aromatic carbocycles. The molecule has 0 spiro atoms. The molecule has 0 atom stereocenters. The molecular formula is C16H29N3O. The van der Waals surface area contributed by atoms with Gasteiger partial charge in [-0.15, -0.1) is 0 Å². The van der Waals surface area contributed by atoms with Crippen LogP contribution in [-0.4, -0.2) is 48.6 Å². The van der Waals surface area contributed by atoms with Crippen molar-refractivity contribution in [2.24, 2.45) is 0 Å². The summed E-state index contributed by atoms with van der Waals surface area (Å²) >= 11 is 0. The monoisotopic (exact) mass is 279 g/mol. The molecule has 0 unspecified atom stereocenters. The molecule has 1 aromatic rings. The van der Waals surface area contributed by atoms with Gasteiger partial charge in [-0.1, -0.05) is 0 Å². The Bertz CT molecular complexity index is 408. The normalized spacial score (nSPS) is 19.2. The average Bonchev–Trinajstić information content (AvgIpc) is 2.70. The van der Waals surface area contributed by atoms with E-state index in [1.54, 1.807) is 0 Å². The van der Waals surface area contributed by atoms with Crippen LogP contribution in [-0.2, 0) is 13.1 Å². The lowest BCUT2D eigenvalue weighted by molar-refractivity contribution is 0.249. The van der Waals surface area contributed by atoms with Gasteiger partial charge in [0.05, 0.1) is 12.8 Å². The van der Waals surface area contributed by atoms with Gasteiger partial charge in [0, 0.05) is 30.7 Å². The van der Waals surface area contributed by atoms with Gasteiger partial charge >= 0.3 is 0 Å². The van der Waals surface area contributed by atoms with Gasteiger partial charge in [-0.25, -0.2) is 0 Å². The molecule has 2 heterocycles. The minimum Gasteiger partial charge on any atom is -0.468 e. The van der Waals surface area contributed by atoms with Crippen LogP contribution in [0.3, 0.4) is 0 Å². The molecule has 20 heavy (non-hydrogen) atoms. The predicted molar refractivity (Wildman–Crippen MR) is 82.7 cm³/mol. The minimum atomic E-state index is 0.146. The van der Waals surface area contributed by atoms with Gasteiger partial charge < -0.3 is 14.6 Å². The predicted octanol–water partition coefficient (Wildman–Crippen LogP) is 2.31. The summed E-state index contributed by atoms with van der Waals surface area (Å²) in [6.07, 6.45) is 3.13. The van der Waals surface area contributed by atoms with Crippen molar-refractivity contribution in [2.45, 2.75) is 45.8 Å². The smallest absolute Gasteiger partial charge is 0.118 e. The summed E-state index contributed by atoms with van der Waals surface area (Å²) in [5.41, 5.74) is 1.38. The second-order valence-corrected chi connectivity index (χ2v) is 6.96. The fraction of sp³-hybridized carbons (Fsp3) is 0.750. The molecule has 1 aliphatic heterocycles. The number of rotatable bonds is 4. The molecule has 1 aliphatic rings. The number of hydrogen-bond donors (Lipinski definition) is 1. The molecule has 4 nitrogen and oxygen atoms in total. The molecule has 0 amide bonds. The lowest BCUT2D eigenvalue weighted by Gasteiger charge is -2.19. The maximum absolute atomic E-state index is 5.70. The number of nitrogens with one attached hydrogen (secondary N) is 1. The summed E-state index contributed by atoms with van der Waals surface area (Å²) in [6, 6.07) is 2.19. The van der Waals surface area contributed by atoms with Gasteiger partial charge in [-0.2, -0.15) is 0 Å². The molecule has 0 saturated carbocycles. The quantitative estimate of drug-likeness (QED) is 0.916. The first-order valence-corrected chi connectivity index (χ1v) is 7.64. The molecule has 1 saturated heterocycles. The summed E-state index contributed by atoms with van der Waals surface area (Å²) in [6.45, 7) is 13.0. The van der Waals surface area contributed by atoms with Crippen LogP contribution in [0.2, 0.25) is 0 Å². The molecule has 1 fully saturated rings. The Labute approximate surface area is 123 Å². The van der Waals surface area contributed by atoms with E-state index in [0.29, 0.717) is 0 Å². The van der Waals surface area contributed by atoms with Gasteiger partial charge in [0.1, 0.15) is 5.76 Å². The van der Waals surface area contributed by atoms with E-state index >= 15 is 0 Å². The minimum absolute atomic E-state index is 0.146. The van der Waals surface area contributed by atoms with Crippen LogP contribution in [0, 0.1) is 0 Å². The maximum Gasteiger partial charge on any atom is 0.118 e. The lowest BCUT2D eigenvalue weighted by atomic mass is 10.1. The first kappa shape index (κ1) is 15.5. The molecule has 2 rings (SSSR count). The summed E-state index contributed by atoms with van der Waals surface area (Å²) in [4.78, 5) is 4.89. The number of likely N-dealkylation sites (N-methyl/N-ethyl adjacent to an activating group) is 1. The zero-order chi connectivity index (χ0) is 14.6. The second kappa shape index (κ2) is 6.74. The zero-order valence-electron chi connectivity index (χ0n) is 13.4. The highest BCUT2D eigenvalue weighted by molar-refractivity contribution is 5.13. The van der Waals surface area contributed by atoms with Crippen molar-refractivity contribution in [3.63, 3.8) is 0 Å². The van der Waals surface area contributed by atoms with Crippen LogP contribution in [0.4, 0.5) is 0 Å². The van der Waals surface area contributed by atoms with Crippen molar-refractivity contribution in [3.8, 4) is 0 Å². The summed E-state index contributed by atoms with van der Waals surface area (Å²) in [7, 11) is 2.20. The van der Waals surface area contributed by atoms with E-state index in [2.05, 4.69) is 49.0 Å². The van der Waals surface area contributed by atoms with Crippen molar-refractivity contribution in [3.05, 3.63) is 23.7 Å². The molecule has 1 N–H and O–H groups in total. The Morgan fingerprint density at radius 2 is 2.00 bits per heavy atom. The van der Waals surface area contributed by atoms with Gasteiger partial charge in [-0.3, -0.25) is 4.90 Å². The van der Waals surface area contributed by atoms with E-state index in [4.69, 9.17) is 4.42 Å². The zero-order valence-corrected chi connectivity index (χ0v) is 13.4. The molecule has 4 heteroatoms. The van der Waals surface area contributed by atoms with E-state index in [9.17, 15) is 0 Å².